The van der Waals surface area contributed by atoms with E-state index in [9.17, 15) is 4.79 Å². The highest BCUT2D eigenvalue weighted by atomic mass is 16.2. The average molecular weight is 374 g/mol. The lowest BCUT2D eigenvalue weighted by Crippen LogP contribution is -2.59. The first kappa shape index (κ1) is 18.8. The number of carbonyl (C=O) groups excluding carboxylic acids is 1. The Kier molecular flexibility index (Phi) is 5.71. The molecule has 0 spiro atoms. The van der Waals surface area contributed by atoms with Crippen LogP contribution in [0.2, 0.25) is 0 Å². The number of amides is 1. The topological polar surface area (TPSA) is 53.4 Å². The van der Waals surface area contributed by atoms with Crippen LogP contribution >= 0.6 is 0 Å². The van der Waals surface area contributed by atoms with Gasteiger partial charge in [0.15, 0.2) is 0 Å². The molecule has 150 valence electrons. The number of piperidine rings is 1. The molecule has 6 nitrogen and oxygen atoms in total. The molecule has 1 aromatic heterocycles. The number of carbonyl (C=O) groups is 1. The van der Waals surface area contributed by atoms with Crippen molar-refractivity contribution >= 4 is 11.7 Å². The molecule has 3 heterocycles. The molecule has 27 heavy (non-hydrogen) atoms. The molecule has 0 atom stereocenters. The smallest absolute Gasteiger partial charge is 0.248 e. The molecule has 1 aliphatic carbocycles. The fourth-order valence-electron chi connectivity index (χ4n) is 5.19. The quantitative estimate of drug-likeness (QED) is 0.862. The SMILES string of the molecule is Cn1ccc(NC2(C(=O)N3CCCC3)CCN(CC3CCCCC3)CC2)n1. The van der Waals surface area contributed by atoms with E-state index in [1.165, 1.54) is 38.6 Å². The number of rotatable bonds is 5. The molecule has 2 aliphatic heterocycles. The number of aryl methyl sites for hydroxylation is 1. The molecule has 2 saturated heterocycles. The van der Waals surface area contributed by atoms with Crippen molar-refractivity contribution in [2.24, 2.45) is 13.0 Å². The van der Waals surface area contributed by atoms with Crippen molar-refractivity contribution in [1.29, 1.82) is 0 Å². The zero-order chi connectivity index (χ0) is 18.7. The fourth-order valence-corrected chi connectivity index (χ4v) is 5.19. The Labute approximate surface area is 163 Å². The Morgan fingerprint density at radius 3 is 2.44 bits per heavy atom. The van der Waals surface area contributed by atoms with Gasteiger partial charge in [-0.25, -0.2) is 0 Å². The van der Waals surface area contributed by atoms with Crippen molar-refractivity contribution in [3.05, 3.63) is 12.3 Å². The van der Waals surface area contributed by atoms with Crippen LogP contribution < -0.4 is 5.32 Å². The van der Waals surface area contributed by atoms with Gasteiger partial charge in [-0.15, -0.1) is 0 Å². The van der Waals surface area contributed by atoms with E-state index in [2.05, 4.69) is 20.2 Å². The summed E-state index contributed by atoms with van der Waals surface area (Å²) in [5.41, 5.74) is -0.484. The molecule has 3 aliphatic rings. The van der Waals surface area contributed by atoms with Crippen molar-refractivity contribution in [2.45, 2.75) is 63.3 Å². The zero-order valence-corrected chi connectivity index (χ0v) is 16.8. The van der Waals surface area contributed by atoms with Gasteiger partial charge in [-0.2, -0.15) is 5.10 Å². The maximum atomic E-state index is 13.4. The molecule has 1 N–H and O–H groups in total. The molecule has 0 radical (unpaired) electrons. The van der Waals surface area contributed by atoms with Gasteiger partial charge < -0.3 is 15.1 Å². The molecule has 0 unspecified atom stereocenters. The van der Waals surface area contributed by atoms with Crippen LogP contribution in [0.4, 0.5) is 5.82 Å². The van der Waals surface area contributed by atoms with Gasteiger partial charge >= 0.3 is 0 Å². The maximum absolute atomic E-state index is 13.4. The minimum absolute atomic E-state index is 0.294. The lowest BCUT2D eigenvalue weighted by atomic mass is 9.84. The summed E-state index contributed by atoms with van der Waals surface area (Å²) in [7, 11) is 1.92. The van der Waals surface area contributed by atoms with E-state index in [1.54, 1.807) is 4.68 Å². The van der Waals surface area contributed by atoms with E-state index in [0.717, 1.165) is 63.6 Å². The summed E-state index contributed by atoms with van der Waals surface area (Å²) >= 11 is 0. The summed E-state index contributed by atoms with van der Waals surface area (Å²) in [4.78, 5) is 18.1. The first-order valence-electron chi connectivity index (χ1n) is 10.9. The number of nitrogens with zero attached hydrogens (tertiary/aromatic N) is 4. The van der Waals surface area contributed by atoms with Crippen molar-refractivity contribution in [1.82, 2.24) is 19.6 Å². The fraction of sp³-hybridized carbons (Fsp3) is 0.810. The van der Waals surface area contributed by atoms with E-state index >= 15 is 0 Å². The van der Waals surface area contributed by atoms with Crippen LogP contribution in [0.1, 0.15) is 57.8 Å². The molecule has 0 aromatic carbocycles. The molecule has 4 rings (SSSR count). The van der Waals surface area contributed by atoms with Gasteiger partial charge in [0.25, 0.3) is 0 Å². The molecule has 6 heteroatoms. The standard InChI is InChI=1S/C21H35N5O/c1-24-14-9-19(23-24)22-21(20(27)26-12-5-6-13-26)10-15-25(16-11-21)17-18-7-3-2-4-8-18/h9,14,18H,2-8,10-13,15-17H2,1H3,(H,22,23). The molecule has 1 amide bonds. The maximum Gasteiger partial charge on any atom is 0.248 e. The number of hydrogen-bond donors (Lipinski definition) is 1. The minimum atomic E-state index is -0.484. The second-order valence-electron chi connectivity index (χ2n) is 8.89. The molecule has 0 bridgehead atoms. The van der Waals surface area contributed by atoms with E-state index in [0.29, 0.717) is 5.91 Å². The highest BCUT2D eigenvalue weighted by Crippen LogP contribution is 2.32. The first-order chi connectivity index (χ1) is 13.1. The largest absolute Gasteiger partial charge is 0.354 e. The van der Waals surface area contributed by atoms with Gasteiger partial charge in [0.2, 0.25) is 5.91 Å². The summed E-state index contributed by atoms with van der Waals surface area (Å²) in [5, 5.41) is 8.06. The van der Waals surface area contributed by atoms with Crippen LogP contribution in [0.3, 0.4) is 0 Å². The molecule has 1 aromatic rings. The summed E-state index contributed by atoms with van der Waals surface area (Å²) < 4.78 is 1.80. The van der Waals surface area contributed by atoms with E-state index in [4.69, 9.17) is 0 Å². The average Bonchev–Trinajstić information content (AvgIpc) is 3.36. The highest BCUT2D eigenvalue weighted by Gasteiger charge is 2.44. The third-order valence-electron chi connectivity index (χ3n) is 6.83. The lowest BCUT2D eigenvalue weighted by Gasteiger charge is -2.44. The van der Waals surface area contributed by atoms with Crippen LogP contribution in [0, 0.1) is 5.92 Å². The molecule has 3 fully saturated rings. The molecular weight excluding hydrogens is 338 g/mol. The van der Waals surface area contributed by atoms with Gasteiger partial charge in [-0.3, -0.25) is 9.48 Å². The highest BCUT2D eigenvalue weighted by molar-refractivity contribution is 5.89. The number of likely N-dealkylation sites (tertiary alicyclic amines) is 2. The number of anilines is 1. The predicted molar refractivity (Wildman–Crippen MR) is 108 cm³/mol. The number of aromatic nitrogens is 2. The van der Waals surface area contributed by atoms with Crippen molar-refractivity contribution < 1.29 is 4.79 Å². The Balaban J connectivity index is 1.43. The monoisotopic (exact) mass is 373 g/mol. The van der Waals surface area contributed by atoms with Crippen LogP contribution in [0.5, 0.6) is 0 Å². The summed E-state index contributed by atoms with van der Waals surface area (Å²) in [6.07, 6.45) is 13.0. The third kappa shape index (κ3) is 4.31. The van der Waals surface area contributed by atoms with Gasteiger partial charge in [0.1, 0.15) is 11.4 Å². The van der Waals surface area contributed by atoms with Crippen LogP contribution in [-0.2, 0) is 11.8 Å². The number of nitrogens with one attached hydrogen (secondary N) is 1. The second-order valence-corrected chi connectivity index (χ2v) is 8.89. The van der Waals surface area contributed by atoms with Crippen LogP contribution in [-0.4, -0.2) is 63.8 Å². The first-order valence-corrected chi connectivity index (χ1v) is 10.9. The second kappa shape index (κ2) is 8.21. The summed E-state index contributed by atoms with van der Waals surface area (Å²) in [6.45, 7) is 5.07. The van der Waals surface area contributed by atoms with Gasteiger partial charge in [-0.05, 0) is 44.4 Å². The third-order valence-corrected chi connectivity index (χ3v) is 6.83. The Morgan fingerprint density at radius 2 is 1.81 bits per heavy atom. The van der Waals surface area contributed by atoms with Crippen molar-refractivity contribution in [3.8, 4) is 0 Å². The van der Waals surface area contributed by atoms with Crippen LogP contribution in [0.25, 0.3) is 0 Å². The normalized spacial score (nSPS) is 24.3. The van der Waals surface area contributed by atoms with E-state index < -0.39 is 5.54 Å². The Morgan fingerprint density at radius 1 is 1.11 bits per heavy atom. The number of hydrogen-bond acceptors (Lipinski definition) is 4. The summed E-state index contributed by atoms with van der Waals surface area (Å²) in [5.74, 6) is 1.98. The lowest BCUT2D eigenvalue weighted by molar-refractivity contribution is -0.136. The zero-order valence-electron chi connectivity index (χ0n) is 16.8. The van der Waals surface area contributed by atoms with E-state index in [-0.39, 0.29) is 0 Å². The Hall–Kier alpha value is -1.56. The van der Waals surface area contributed by atoms with E-state index in [1.807, 2.05) is 19.3 Å². The summed E-state index contributed by atoms with van der Waals surface area (Å²) in [6, 6.07) is 1.98. The van der Waals surface area contributed by atoms with Gasteiger partial charge in [0.05, 0.1) is 0 Å². The van der Waals surface area contributed by atoms with Gasteiger partial charge in [0, 0.05) is 52.0 Å². The molecular formula is C21H35N5O. The Bertz CT molecular complexity index is 622. The van der Waals surface area contributed by atoms with Crippen LogP contribution in [0.15, 0.2) is 12.3 Å². The predicted octanol–water partition coefficient (Wildman–Crippen LogP) is 2.87. The van der Waals surface area contributed by atoms with Crippen molar-refractivity contribution in [3.63, 3.8) is 0 Å². The minimum Gasteiger partial charge on any atom is -0.354 e. The van der Waals surface area contributed by atoms with Gasteiger partial charge in [-0.1, -0.05) is 19.3 Å². The molecule has 1 saturated carbocycles. The van der Waals surface area contributed by atoms with Crippen molar-refractivity contribution in [2.75, 3.05) is 38.0 Å².